The van der Waals surface area contributed by atoms with Gasteiger partial charge in [-0.1, -0.05) is 30.3 Å². The van der Waals surface area contributed by atoms with E-state index in [-0.39, 0.29) is 22.6 Å². The fraction of sp³-hybridized carbons (Fsp3) is 0.150. The van der Waals surface area contributed by atoms with E-state index in [4.69, 9.17) is 4.74 Å². The van der Waals surface area contributed by atoms with E-state index in [0.717, 1.165) is 0 Å². The van der Waals surface area contributed by atoms with Gasteiger partial charge in [-0.3, -0.25) is 19.1 Å². The molecular formula is C20H19N3O4. The molecule has 1 heterocycles. The Bertz CT molecular complexity index is 1060. The summed E-state index contributed by atoms with van der Waals surface area (Å²) in [6.07, 6.45) is 0. The molecule has 0 atom stereocenters. The van der Waals surface area contributed by atoms with Gasteiger partial charge in [-0.05, 0) is 31.2 Å². The Morgan fingerprint density at radius 1 is 1.00 bits per heavy atom. The van der Waals surface area contributed by atoms with Gasteiger partial charge in [0, 0.05) is 14.0 Å². The Kier molecular flexibility index (Phi) is 4.94. The first-order valence-corrected chi connectivity index (χ1v) is 8.33. The number of carbonyl (C=O) groups excluding carboxylic acids is 2. The molecule has 0 fully saturated rings. The maximum Gasteiger partial charge on any atom is 0.308 e. The van der Waals surface area contributed by atoms with Gasteiger partial charge in [-0.2, -0.15) is 0 Å². The molecule has 27 heavy (non-hydrogen) atoms. The zero-order chi connectivity index (χ0) is 19.6. The van der Waals surface area contributed by atoms with Gasteiger partial charge in [0.1, 0.15) is 11.4 Å². The quantitative estimate of drug-likeness (QED) is 0.569. The van der Waals surface area contributed by atoms with Crippen LogP contribution in [0.1, 0.15) is 23.0 Å². The highest BCUT2D eigenvalue weighted by Gasteiger charge is 2.20. The third-order valence-corrected chi connectivity index (χ3v) is 4.18. The number of amides is 1. The second-order valence-electron chi connectivity index (χ2n) is 5.98. The fourth-order valence-corrected chi connectivity index (χ4v) is 2.79. The summed E-state index contributed by atoms with van der Waals surface area (Å²) < 4.78 is 8.22. The summed E-state index contributed by atoms with van der Waals surface area (Å²) in [6.45, 7) is 3.00. The molecule has 3 rings (SSSR count). The highest BCUT2D eigenvalue weighted by Crippen LogP contribution is 2.21. The Morgan fingerprint density at radius 3 is 2.30 bits per heavy atom. The molecule has 7 heteroatoms. The summed E-state index contributed by atoms with van der Waals surface area (Å²) in [7, 11) is 1.74. The number of ether oxygens (including phenoxy) is 1. The minimum absolute atomic E-state index is 0.138. The lowest BCUT2D eigenvalue weighted by Crippen LogP contribution is -2.23. The van der Waals surface area contributed by atoms with Crippen LogP contribution in [0.4, 0.5) is 5.69 Å². The molecule has 0 saturated heterocycles. The normalized spacial score (nSPS) is 10.5. The van der Waals surface area contributed by atoms with Crippen LogP contribution in [0.5, 0.6) is 5.75 Å². The summed E-state index contributed by atoms with van der Waals surface area (Å²) in [5.74, 6) is -0.921. The van der Waals surface area contributed by atoms with E-state index in [0.29, 0.717) is 11.4 Å². The van der Waals surface area contributed by atoms with Crippen molar-refractivity contribution in [2.24, 2.45) is 7.05 Å². The van der Waals surface area contributed by atoms with Gasteiger partial charge < -0.3 is 10.1 Å². The summed E-state index contributed by atoms with van der Waals surface area (Å²) in [5.41, 5.74) is 1.28. The number of esters is 1. The SMILES string of the molecule is CC(=O)Oc1ccccc1C(=O)Nc1c(C)n(C)n(-c2ccccc2)c1=O. The molecule has 0 spiro atoms. The topological polar surface area (TPSA) is 82.3 Å². The number of rotatable bonds is 4. The molecule has 0 aliphatic rings. The Morgan fingerprint density at radius 2 is 1.63 bits per heavy atom. The van der Waals surface area contributed by atoms with Crippen LogP contribution in [0.25, 0.3) is 5.69 Å². The smallest absolute Gasteiger partial charge is 0.308 e. The van der Waals surface area contributed by atoms with Gasteiger partial charge in [0.05, 0.1) is 16.9 Å². The van der Waals surface area contributed by atoms with Crippen LogP contribution in [-0.4, -0.2) is 21.2 Å². The molecule has 3 aromatic rings. The van der Waals surface area contributed by atoms with E-state index >= 15 is 0 Å². The van der Waals surface area contributed by atoms with Crippen LogP contribution in [0, 0.1) is 6.92 Å². The predicted octanol–water partition coefficient (Wildman–Crippen LogP) is 2.66. The molecule has 0 radical (unpaired) electrons. The molecular weight excluding hydrogens is 346 g/mol. The lowest BCUT2D eigenvalue weighted by atomic mass is 10.2. The van der Waals surface area contributed by atoms with Crippen molar-refractivity contribution in [2.75, 3.05) is 5.32 Å². The van der Waals surface area contributed by atoms with Crippen LogP contribution in [0.15, 0.2) is 59.4 Å². The zero-order valence-corrected chi connectivity index (χ0v) is 15.2. The zero-order valence-electron chi connectivity index (χ0n) is 15.2. The van der Waals surface area contributed by atoms with E-state index < -0.39 is 11.9 Å². The lowest BCUT2D eigenvalue weighted by molar-refractivity contribution is -0.131. The number of hydrogen-bond acceptors (Lipinski definition) is 4. The minimum atomic E-state index is -0.530. The van der Waals surface area contributed by atoms with Crippen molar-refractivity contribution in [2.45, 2.75) is 13.8 Å². The van der Waals surface area contributed by atoms with Crippen molar-refractivity contribution in [3.8, 4) is 11.4 Å². The standard InChI is InChI=1S/C20H19N3O4/c1-13-18(20(26)23(22(13)3)15-9-5-4-6-10-15)21-19(25)16-11-7-8-12-17(16)27-14(2)24/h4-12H,1-3H3,(H,21,25). The molecule has 1 aromatic heterocycles. The summed E-state index contributed by atoms with van der Waals surface area (Å²) in [5, 5.41) is 2.66. The van der Waals surface area contributed by atoms with Crippen molar-refractivity contribution < 1.29 is 14.3 Å². The van der Waals surface area contributed by atoms with E-state index in [2.05, 4.69) is 5.32 Å². The van der Waals surface area contributed by atoms with Gasteiger partial charge in [-0.15, -0.1) is 0 Å². The van der Waals surface area contributed by atoms with Crippen LogP contribution in [0.3, 0.4) is 0 Å². The molecule has 1 N–H and O–H groups in total. The third-order valence-electron chi connectivity index (χ3n) is 4.18. The summed E-state index contributed by atoms with van der Waals surface area (Å²) in [6, 6.07) is 15.5. The molecule has 0 aliphatic heterocycles. The van der Waals surface area contributed by atoms with Crippen LogP contribution < -0.4 is 15.6 Å². The first-order chi connectivity index (χ1) is 12.9. The van der Waals surface area contributed by atoms with Crippen molar-refractivity contribution in [3.63, 3.8) is 0 Å². The molecule has 0 unspecified atom stereocenters. The van der Waals surface area contributed by atoms with Crippen LogP contribution in [-0.2, 0) is 11.8 Å². The largest absolute Gasteiger partial charge is 0.426 e. The molecule has 7 nitrogen and oxygen atoms in total. The maximum atomic E-state index is 12.9. The average molecular weight is 365 g/mol. The van der Waals surface area contributed by atoms with Crippen molar-refractivity contribution in [1.29, 1.82) is 0 Å². The summed E-state index contributed by atoms with van der Waals surface area (Å²) >= 11 is 0. The number of nitrogens with zero attached hydrogens (tertiary/aromatic N) is 2. The van der Waals surface area contributed by atoms with Gasteiger partial charge in [0.15, 0.2) is 0 Å². The lowest BCUT2D eigenvalue weighted by Gasteiger charge is -2.08. The number of nitrogens with one attached hydrogen (secondary N) is 1. The van der Waals surface area contributed by atoms with E-state index in [1.54, 1.807) is 30.8 Å². The first-order valence-electron chi connectivity index (χ1n) is 8.33. The molecule has 138 valence electrons. The number of carbonyl (C=O) groups is 2. The monoisotopic (exact) mass is 365 g/mol. The average Bonchev–Trinajstić information content (AvgIpc) is 2.85. The molecule has 1 amide bonds. The van der Waals surface area contributed by atoms with Gasteiger partial charge in [0.2, 0.25) is 0 Å². The van der Waals surface area contributed by atoms with Crippen molar-refractivity contribution in [3.05, 3.63) is 76.2 Å². The van der Waals surface area contributed by atoms with Gasteiger partial charge in [0.25, 0.3) is 11.5 Å². The number of anilines is 1. The van der Waals surface area contributed by atoms with Crippen molar-refractivity contribution >= 4 is 17.6 Å². The third kappa shape index (κ3) is 3.52. The molecule has 0 bridgehead atoms. The molecule has 2 aromatic carbocycles. The first kappa shape index (κ1) is 18.2. The highest BCUT2D eigenvalue weighted by atomic mass is 16.5. The van der Waals surface area contributed by atoms with Crippen LogP contribution in [0.2, 0.25) is 0 Å². The molecule has 0 saturated carbocycles. The fourth-order valence-electron chi connectivity index (χ4n) is 2.79. The number of hydrogen-bond donors (Lipinski definition) is 1. The Hall–Kier alpha value is -3.61. The van der Waals surface area contributed by atoms with Gasteiger partial charge >= 0.3 is 5.97 Å². The predicted molar refractivity (Wildman–Crippen MR) is 101 cm³/mol. The second kappa shape index (κ2) is 7.33. The Labute approximate surface area is 155 Å². The van der Waals surface area contributed by atoms with E-state index in [1.807, 2.05) is 30.3 Å². The van der Waals surface area contributed by atoms with Gasteiger partial charge in [-0.25, -0.2) is 4.68 Å². The highest BCUT2D eigenvalue weighted by molar-refractivity contribution is 6.06. The summed E-state index contributed by atoms with van der Waals surface area (Å²) in [4.78, 5) is 36.8. The number of aromatic nitrogens is 2. The number of para-hydroxylation sites is 2. The van der Waals surface area contributed by atoms with Crippen LogP contribution >= 0.6 is 0 Å². The Balaban J connectivity index is 1.99. The van der Waals surface area contributed by atoms with E-state index in [1.165, 1.54) is 23.7 Å². The maximum absolute atomic E-state index is 12.9. The van der Waals surface area contributed by atoms with E-state index in [9.17, 15) is 14.4 Å². The van der Waals surface area contributed by atoms with Crippen molar-refractivity contribution in [1.82, 2.24) is 9.36 Å². The second-order valence-corrected chi connectivity index (χ2v) is 5.98. The minimum Gasteiger partial charge on any atom is -0.426 e. The number of benzene rings is 2. The molecule has 0 aliphatic carbocycles.